The van der Waals surface area contributed by atoms with E-state index in [-0.39, 0.29) is 11.8 Å². The van der Waals surface area contributed by atoms with E-state index in [0.717, 1.165) is 17.5 Å². The van der Waals surface area contributed by atoms with Gasteiger partial charge in [-0.1, -0.05) is 30.3 Å². The van der Waals surface area contributed by atoms with Crippen molar-refractivity contribution in [3.63, 3.8) is 0 Å². The average molecular weight is 284 g/mol. The van der Waals surface area contributed by atoms with Gasteiger partial charge in [0.25, 0.3) is 0 Å². The van der Waals surface area contributed by atoms with Crippen LogP contribution in [-0.2, 0) is 9.59 Å². The topological polar surface area (TPSA) is 86.9 Å². The quantitative estimate of drug-likeness (QED) is 0.801. The number of nitrogens with one attached hydrogen (secondary N) is 3. The Morgan fingerprint density at radius 3 is 2.86 bits per heavy atom. The summed E-state index contributed by atoms with van der Waals surface area (Å²) >= 11 is 0. The largest absolute Gasteiger partial charge is 0.344 e. The Morgan fingerprint density at radius 1 is 1.29 bits per heavy atom. The molecule has 2 amide bonds. The van der Waals surface area contributed by atoms with Crippen molar-refractivity contribution < 1.29 is 9.59 Å². The first-order valence-corrected chi connectivity index (χ1v) is 6.93. The van der Waals surface area contributed by atoms with Gasteiger partial charge in [0.15, 0.2) is 0 Å². The van der Waals surface area contributed by atoms with Crippen LogP contribution >= 0.6 is 0 Å². The summed E-state index contributed by atoms with van der Waals surface area (Å²) in [6.07, 6.45) is 3.55. The predicted molar refractivity (Wildman–Crippen MR) is 78.4 cm³/mol. The minimum Gasteiger partial charge on any atom is -0.344 e. The van der Waals surface area contributed by atoms with Gasteiger partial charge in [-0.05, 0) is 18.4 Å². The smallest absolute Gasteiger partial charge is 0.248 e. The Balaban J connectivity index is 1.75. The molecule has 1 aliphatic heterocycles. The Kier molecular flexibility index (Phi) is 3.68. The Hall–Kier alpha value is -2.63. The molecule has 6 nitrogen and oxygen atoms in total. The van der Waals surface area contributed by atoms with Crippen LogP contribution in [-0.4, -0.2) is 28.1 Å². The number of anilines is 1. The average Bonchev–Trinajstić information content (AvgIpc) is 2.96. The fourth-order valence-corrected chi connectivity index (χ4v) is 2.43. The van der Waals surface area contributed by atoms with Gasteiger partial charge in [-0.3, -0.25) is 14.7 Å². The Labute approximate surface area is 121 Å². The molecule has 1 aliphatic rings. The van der Waals surface area contributed by atoms with Gasteiger partial charge >= 0.3 is 0 Å². The van der Waals surface area contributed by atoms with Crippen LogP contribution in [0.4, 0.5) is 5.82 Å². The highest BCUT2D eigenvalue weighted by molar-refractivity contribution is 5.99. The maximum absolute atomic E-state index is 12.2. The van der Waals surface area contributed by atoms with Crippen molar-refractivity contribution >= 4 is 17.6 Å². The van der Waals surface area contributed by atoms with Gasteiger partial charge < -0.3 is 10.6 Å². The zero-order valence-corrected chi connectivity index (χ0v) is 11.4. The van der Waals surface area contributed by atoms with Gasteiger partial charge in [-0.15, -0.1) is 0 Å². The van der Waals surface area contributed by atoms with Crippen LogP contribution in [0.3, 0.4) is 0 Å². The number of rotatable bonds is 3. The predicted octanol–water partition coefficient (Wildman–Crippen LogP) is 1.68. The SMILES string of the molecule is O=C1CCC[C@H](C(=O)Nc2[nH]ncc2-c2ccccc2)N1. The van der Waals surface area contributed by atoms with Crippen molar-refractivity contribution in [1.82, 2.24) is 15.5 Å². The second-order valence-corrected chi connectivity index (χ2v) is 5.03. The molecule has 0 aliphatic carbocycles. The number of nitrogens with zero attached hydrogens (tertiary/aromatic N) is 1. The van der Waals surface area contributed by atoms with E-state index >= 15 is 0 Å². The number of amides is 2. The second kappa shape index (κ2) is 5.78. The third-order valence-corrected chi connectivity index (χ3v) is 3.52. The molecule has 2 aromatic rings. The third-order valence-electron chi connectivity index (χ3n) is 3.52. The summed E-state index contributed by atoms with van der Waals surface area (Å²) < 4.78 is 0. The van der Waals surface area contributed by atoms with E-state index in [2.05, 4.69) is 20.8 Å². The summed E-state index contributed by atoms with van der Waals surface area (Å²) in [5.74, 6) is 0.254. The van der Waals surface area contributed by atoms with E-state index in [9.17, 15) is 9.59 Å². The maximum atomic E-state index is 12.2. The lowest BCUT2D eigenvalue weighted by Gasteiger charge is -2.22. The van der Waals surface area contributed by atoms with Gasteiger partial charge in [-0.25, -0.2) is 0 Å². The first-order chi connectivity index (χ1) is 10.2. The molecule has 108 valence electrons. The number of carbonyl (C=O) groups excluding carboxylic acids is 2. The number of hydrogen-bond donors (Lipinski definition) is 3. The minimum atomic E-state index is -0.474. The zero-order valence-electron chi connectivity index (χ0n) is 11.4. The molecule has 1 aromatic heterocycles. The molecule has 0 radical (unpaired) electrons. The fraction of sp³-hybridized carbons (Fsp3) is 0.267. The van der Waals surface area contributed by atoms with Crippen molar-refractivity contribution in [2.45, 2.75) is 25.3 Å². The van der Waals surface area contributed by atoms with E-state index in [0.29, 0.717) is 18.7 Å². The molecular formula is C15H16N4O2. The van der Waals surface area contributed by atoms with Crippen molar-refractivity contribution in [1.29, 1.82) is 0 Å². The third kappa shape index (κ3) is 2.94. The molecule has 0 spiro atoms. The molecule has 2 heterocycles. The van der Waals surface area contributed by atoms with E-state index in [4.69, 9.17) is 0 Å². The summed E-state index contributed by atoms with van der Waals surface area (Å²) in [6.45, 7) is 0. The number of aromatic nitrogens is 2. The van der Waals surface area contributed by atoms with E-state index in [1.807, 2.05) is 30.3 Å². The monoisotopic (exact) mass is 284 g/mol. The van der Waals surface area contributed by atoms with E-state index in [1.165, 1.54) is 0 Å². The molecular weight excluding hydrogens is 268 g/mol. The summed E-state index contributed by atoms with van der Waals surface area (Å²) in [6, 6.07) is 9.20. The lowest BCUT2D eigenvalue weighted by Crippen LogP contribution is -2.46. The van der Waals surface area contributed by atoms with Crippen LogP contribution in [0.2, 0.25) is 0 Å². The van der Waals surface area contributed by atoms with Gasteiger partial charge in [0, 0.05) is 12.0 Å². The number of hydrogen-bond acceptors (Lipinski definition) is 3. The molecule has 1 fully saturated rings. The minimum absolute atomic E-state index is 0.0747. The van der Waals surface area contributed by atoms with Crippen LogP contribution in [0.25, 0.3) is 11.1 Å². The molecule has 0 saturated carbocycles. The number of aromatic amines is 1. The Bertz CT molecular complexity index is 651. The fourth-order valence-electron chi connectivity index (χ4n) is 2.43. The molecule has 6 heteroatoms. The summed E-state index contributed by atoms with van der Waals surface area (Å²) in [5.41, 5.74) is 1.79. The molecule has 3 N–H and O–H groups in total. The highest BCUT2D eigenvalue weighted by Gasteiger charge is 2.25. The summed E-state index contributed by atoms with van der Waals surface area (Å²) in [5, 5.41) is 12.3. The van der Waals surface area contributed by atoms with Crippen molar-refractivity contribution in [3.05, 3.63) is 36.5 Å². The van der Waals surface area contributed by atoms with Crippen LogP contribution < -0.4 is 10.6 Å². The number of carbonyl (C=O) groups is 2. The highest BCUT2D eigenvalue weighted by atomic mass is 16.2. The van der Waals surface area contributed by atoms with Crippen LogP contribution in [0.15, 0.2) is 36.5 Å². The number of piperidine rings is 1. The normalized spacial score (nSPS) is 18.1. The molecule has 21 heavy (non-hydrogen) atoms. The highest BCUT2D eigenvalue weighted by Crippen LogP contribution is 2.25. The molecule has 0 bridgehead atoms. The van der Waals surface area contributed by atoms with Crippen LogP contribution in [0.5, 0.6) is 0 Å². The van der Waals surface area contributed by atoms with Gasteiger partial charge in [-0.2, -0.15) is 5.10 Å². The van der Waals surface area contributed by atoms with Crippen molar-refractivity contribution in [2.75, 3.05) is 5.32 Å². The first-order valence-electron chi connectivity index (χ1n) is 6.93. The van der Waals surface area contributed by atoms with Gasteiger partial charge in [0.2, 0.25) is 11.8 Å². The molecule has 1 aromatic carbocycles. The van der Waals surface area contributed by atoms with Gasteiger partial charge in [0.1, 0.15) is 11.9 Å². The first kappa shape index (κ1) is 13.4. The van der Waals surface area contributed by atoms with Gasteiger partial charge in [0.05, 0.1) is 6.20 Å². The van der Waals surface area contributed by atoms with E-state index < -0.39 is 6.04 Å². The Morgan fingerprint density at radius 2 is 2.10 bits per heavy atom. The molecule has 0 unspecified atom stereocenters. The van der Waals surface area contributed by atoms with E-state index in [1.54, 1.807) is 6.20 Å². The van der Waals surface area contributed by atoms with Crippen LogP contribution in [0.1, 0.15) is 19.3 Å². The lowest BCUT2D eigenvalue weighted by atomic mass is 10.0. The maximum Gasteiger partial charge on any atom is 0.248 e. The van der Waals surface area contributed by atoms with Crippen LogP contribution in [0, 0.1) is 0 Å². The molecule has 3 rings (SSSR count). The number of benzene rings is 1. The molecule has 1 saturated heterocycles. The molecule has 1 atom stereocenters. The van der Waals surface area contributed by atoms with Crippen molar-refractivity contribution in [2.24, 2.45) is 0 Å². The zero-order chi connectivity index (χ0) is 14.7. The summed E-state index contributed by atoms with van der Waals surface area (Å²) in [7, 11) is 0. The second-order valence-electron chi connectivity index (χ2n) is 5.03. The lowest BCUT2D eigenvalue weighted by molar-refractivity contribution is -0.128. The van der Waals surface area contributed by atoms with Crippen molar-refractivity contribution in [3.8, 4) is 11.1 Å². The number of H-pyrrole nitrogens is 1. The standard InChI is InChI=1S/C15H16N4O2/c20-13-8-4-7-12(17-13)15(21)18-14-11(9-16-19-14)10-5-2-1-3-6-10/h1-3,5-6,9,12H,4,7-8H2,(H,17,20)(H2,16,18,19,21)/t12-/m1/s1. The summed E-state index contributed by atoms with van der Waals surface area (Å²) in [4.78, 5) is 23.6.